The molecular formula is C14H14N4S. The quantitative estimate of drug-likeness (QED) is 0.790. The summed E-state index contributed by atoms with van der Waals surface area (Å²) >= 11 is 1.64. The second-order valence-corrected chi connectivity index (χ2v) is 5.10. The van der Waals surface area contributed by atoms with Crippen LogP contribution >= 0.6 is 11.3 Å². The van der Waals surface area contributed by atoms with Gasteiger partial charge in [-0.3, -0.25) is 0 Å². The van der Waals surface area contributed by atoms with Gasteiger partial charge in [0, 0.05) is 24.5 Å². The molecule has 0 saturated heterocycles. The Bertz CT molecular complexity index is 657. The number of para-hydroxylation sites is 1. The normalized spacial score (nSPS) is 10.6. The van der Waals surface area contributed by atoms with E-state index >= 15 is 0 Å². The van der Waals surface area contributed by atoms with Gasteiger partial charge in [0.25, 0.3) is 0 Å². The molecule has 0 atom stereocenters. The van der Waals surface area contributed by atoms with Crippen LogP contribution in [0.4, 0.5) is 5.13 Å². The smallest absolute Gasteiger partial charge is 0.183 e. The molecule has 2 aromatic heterocycles. The number of nitrogens with zero attached hydrogens (tertiary/aromatic N) is 3. The number of aromatic nitrogens is 3. The highest BCUT2D eigenvalue weighted by Gasteiger charge is 2.07. The number of hydrogen-bond acceptors (Lipinski definition) is 4. The van der Waals surface area contributed by atoms with Gasteiger partial charge in [-0.15, -0.1) is 0 Å². The van der Waals surface area contributed by atoms with Crippen molar-refractivity contribution in [3.05, 3.63) is 48.9 Å². The number of thiazole rings is 1. The number of hydrogen-bond donors (Lipinski definition) is 1. The zero-order valence-corrected chi connectivity index (χ0v) is 11.4. The highest BCUT2D eigenvalue weighted by Crippen LogP contribution is 2.28. The Hall–Kier alpha value is -2.14. The molecule has 3 aromatic rings. The molecule has 0 fully saturated rings. The molecule has 1 N–H and O–H groups in total. The summed E-state index contributed by atoms with van der Waals surface area (Å²) in [5, 5.41) is 8.56. The van der Waals surface area contributed by atoms with Crippen LogP contribution in [0, 0.1) is 0 Å². The number of benzene rings is 1. The Morgan fingerprint density at radius 2 is 2.05 bits per heavy atom. The fourth-order valence-corrected chi connectivity index (χ4v) is 2.67. The van der Waals surface area contributed by atoms with Crippen molar-refractivity contribution in [1.29, 1.82) is 0 Å². The molecule has 0 spiro atoms. The van der Waals surface area contributed by atoms with Crippen LogP contribution in [0.1, 0.15) is 6.92 Å². The summed E-state index contributed by atoms with van der Waals surface area (Å²) in [7, 11) is 0. The topological polar surface area (TPSA) is 42.7 Å². The summed E-state index contributed by atoms with van der Waals surface area (Å²) < 4.78 is 1.88. The van der Waals surface area contributed by atoms with E-state index in [-0.39, 0.29) is 0 Å². The van der Waals surface area contributed by atoms with Gasteiger partial charge in [-0.2, -0.15) is 5.10 Å². The van der Waals surface area contributed by atoms with Gasteiger partial charge in [0.15, 0.2) is 5.13 Å². The van der Waals surface area contributed by atoms with Gasteiger partial charge in [-0.1, -0.05) is 29.5 Å². The van der Waals surface area contributed by atoms with E-state index in [2.05, 4.69) is 22.3 Å². The molecular weight excluding hydrogens is 256 g/mol. The third kappa shape index (κ3) is 2.51. The molecule has 3 rings (SSSR count). The number of rotatable bonds is 4. The van der Waals surface area contributed by atoms with E-state index in [1.807, 2.05) is 53.6 Å². The molecule has 19 heavy (non-hydrogen) atoms. The summed E-state index contributed by atoms with van der Waals surface area (Å²) in [5.41, 5.74) is 2.15. The Kier molecular flexibility index (Phi) is 3.29. The summed E-state index contributed by atoms with van der Waals surface area (Å²) in [6, 6.07) is 10.1. The molecule has 0 bridgehead atoms. The van der Waals surface area contributed by atoms with Gasteiger partial charge in [0.05, 0.1) is 16.8 Å². The molecule has 0 aliphatic heterocycles. The van der Waals surface area contributed by atoms with Crippen LogP contribution < -0.4 is 5.32 Å². The first-order valence-corrected chi connectivity index (χ1v) is 6.98. The minimum Gasteiger partial charge on any atom is -0.362 e. The zero-order valence-electron chi connectivity index (χ0n) is 10.6. The average molecular weight is 270 g/mol. The highest BCUT2D eigenvalue weighted by atomic mass is 32.1. The summed E-state index contributed by atoms with van der Waals surface area (Å²) in [6.45, 7) is 2.95. The first-order valence-electron chi connectivity index (χ1n) is 6.17. The third-order valence-electron chi connectivity index (χ3n) is 2.72. The lowest BCUT2D eigenvalue weighted by molar-refractivity contribution is 0.881. The Morgan fingerprint density at radius 3 is 2.84 bits per heavy atom. The maximum Gasteiger partial charge on any atom is 0.183 e. The number of nitrogens with one attached hydrogen (secondary N) is 1. The Balaban J connectivity index is 1.88. The molecule has 0 aliphatic rings. The Morgan fingerprint density at radius 1 is 1.21 bits per heavy atom. The standard InChI is InChI=1S/C14H14N4S/c1-2-15-14-16-9-13(19-14)11-8-17-18(10-11)12-6-4-3-5-7-12/h3-10H,2H2,1H3,(H,15,16). The second kappa shape index (κ2) is 5.24. The SMILES string of the molecule is CCNc1ncc(-c2cnn(-c3ccccc3)c2)s1. The van der Waals surface area contributed by atoms with Crippen molar-refractivity contribution in [2.45, 2.75) is 6.92 Å². The van der Waals surface area contributed by atoms with Crippen LogP contribution in [0.2, 0.25) is 0 Å². The fraction of sp³-hybridized carbons (Fsp3) is 0.143. The number of anilines is 1. The van der Waals surface area contributed by atoms with Crippen LogP contribution in [-0.2, 0) is 0 Å². The van der Waals surface area contributed by atoms with Crippen molar-refractivity contribution >= 4 is 16.5 Å². The molecule has 2 heterocycles. The lowest BCUT2D eigenvalue weighted by Gasteiger charge is -1.98. The molecule has 4 nitrogen and oxygen atoms in total. The van der Waals surface area contributed by atoms with Crippen LogP contribution in [0.15, 0.2) is 48.9 Å². The predicted octanol–water partition coefficient (Wildman–Crippen LogP) is 3.43. The third-order valence-corrected chi connectivity index (χ3v) is 3.73. The molecule has 5 heteroatoms. The van der Waals surface area contributed by atoms with Crippen LogP contribution in [0.25, 0.3) is 16.1 Å². The predicted molar refractivity (Wildman–Crippen MR) is 78.8 cm³/mol. The van der Waals surface area contributed by atoms with Crippen LogP contribution in [-0.4, -0.2) is 21.3 Å². The molecule has 96 valence electrons. The minimum atomic E-state index is 0.885. The molecule has 0 radical (unpaired) electrons. The van der Waals surface area contributed by atoms with Crippen molar-refractivity contribution in [1.82, 2.24) is 14.8 Å². The van der Waals surface area contributed by atoms with Gasteiger partial charge in [0.2, 0.25) is 0 Å². The highest BCUT2D eigenvalue weighted by molar-refractivity contribution is 7.18. The largest absolute Gasteiger partial charge is 0.362 e. The van der Waals surface area contributed by atoms with Crippen molar-refractivity contribution in [2.75, 3.05) is 11.9 Å². The van der Waals surface area contributed by atoms with Gasteiger partial charge in [0.1, 0.15) is 0 Å². The lowest BCUT2D eigenvalue weighted by atomic mass is 10.3. The fourth-order valence-electron chi connectivity index (χ4n) is 1.81. The molecule has 0 amide bonds. The van der Waals surface area contributed by atoms with Crippen molar-refractivity contribution in [3.63, 3.8) is 0 Å². The second-order valence-electron chi connectivity index (χ2n) is 4.07. The maximum atomic E-state index is 4.39. The average Bonchev–Trinajstić information content (AvgIpc) is 3.08. The first kappa shape index (κ1) is 11.9. The zero-order chi connectivity index (χ0) is 13.1. The molecule has 0 saturated carbocycles. The summed E-state index contributed by atoms with van der Waals surface area (Å²) in [5.74, 6) is 0. The monoisotopic (exact) mass is 270 g/mol. The molecule has 0 unspecified atom stereocenters. The van der Waals surface area contributed by atoms with E-state index in [1.165, 1.54) is 0 Å². The van der Waals surface area contributed by atoms with E-state index in [9.17, 15) is 0 Å². The summed E-state index contributed by atoms with van der Waals surface area (Å²) in [4.78, 5) is 5.46. The van der Waals surface area contributed by atoms with Gasteiger partial charge >= 0.3 is 0 Å². The van der Waals surface area contributed by atoms with Crippen LogP contribution in [0.5, 0.6) is 0 Å². The van der Waals surface area contributed by atoms with E-state index in [1.54, 1.807) is 11.3 Å². The molecule has 1 aromatic carbocycles. The van der Waals surface area contributed by atoms with Gasteiger partial charge < -0.3 is 5.32 Å². The van der Waals surface area contributed by atoms with Gasteiger partial charge in [-0.05, 0) is 19.1 Å². The van der Waals surface area contributed by atoms with Crippen molar-refractivity contribution in [3.8, 4) is 16.1 Å². The van der Waals surface area contributed by atoms with Crippen molar-refractivity contribution < 1.29 is 0 Å². The Labute approximate surface area is 115 Å². The van der Waals surface area contributed by atoms with Crippen LogP contribution in [0.3, 0.4) is 0 Å². The lowest BCUT2D eigenvalue weighted by Crippen LogP contribution is -1.94. The minimum absolute atomic E-state index is 0.885. The maximum absolute atomic E-state index is 4.39. The van der Waals surface area contributed by atoms with E-state index in [0.717, 1.165) is 27.8 Å². The summed E-state index contributed by atoms with van der Waals surface area (Å²) in [6.07, 6.45) is 5.78. The first-order chi connectivity index (χ1) is 9.36. The van der Waals surface area contributed by atoms with E-state index in [0.29, 0.717) is 0 Å². The van der Waals surface area contributed by atoms with E-state index < -0.39 is 0 Å². The van der Waals surface area contributed by atoms with Gasteiger partial charge in [-0.25, -0.2) is 9.67 Å². The molecule has 0 aliphatic carbocycles. The van der Waals surface area contributed by atoms with E-state index in [4.69, 9.17) is 0 Å². The van der Waals surface area contributed by atoms with Crippen molar-refractivity contribution in [2.24, 2.45) is 0 Å².